The second-order valence-electron chi connectivity index (χ2n) is 7.54. The zero-order chi connectivity index (χ0) is 20.3. The van der Waals surface area contributed by atoms with E-state index in [1.807, 2.05) is 13.1 Å². The van der Waals surface area contributed by atoms with E-state index < -0.39 is 0 Å². The van der Waals surface area contributed by atoms with Crippen molar-refractivity contribution in [1.29, 1.82) is 0 Å². The molecule has 28 heavy (non-hydrogen) atoms. The van der Waals surface area contributed by atoms with Crippen LogP contribution in [0.5, 0.6) is 5.75 Å². The van der Waals surface area contributed by atoms with Crippen molar-refractivity contribution in [2.75, 3.05) is 25.7 Å². The molecule has 154 valence electrons. The molecule has 0 amide bonds. The Morgan fingerprint density at radius 2 is 2.18 bits per heavy atom. The number of benzene rings is 1. The average molecular weight is 423 g/mol. The molecule has 2 aliphatic rings. The van der Waals surface area contributed by atoms with Crippen molar-refractivity contribution >= 4 is 34.5 Å². The van der Waals surface area contributed by atoms with E-state index in [0.717, 1.165) is 29.2 Å². The van der Waals surface area contributed by atoms with Gasteiger partial charge in [0.2, 0.25) is 0 Å². The Kier molecular flexibility index (Phi) is 6.99. The fraction of sp³-hybridized carbons (Fsp3) is 0.619. The Labute approximate surface area is 176 Å². The topological polar surface area (TPSA) is 62.1 Å². The SMILES string of the molecule is CCCCCc1cccc(O)c1C1=N[C@H]([C@@]2(C)SC[C@@H](C(=O)OC)N2C)CS1. The van der Waals surface area contributed by atoms with Gasteiger partial charge in [0.05, 0.1) is 23.6 Å². The number of carbonyl (C=O) groups excluding carboxylic acids is 1. The molecule has 1 saturated heterocycles. The van der Waals surface area contributed by atoms with Crippen molar-refractivity contribution < 1.29 is 14.6 Å². The fourth-order valence-electron chi connectivity index (χ4n) is 3.86. The van der Waals surface area contributed by atoms with Gasteiger partial charge in [-0.05, 0) is 38.4 Å². The molecule has 1 aromatic rings. The largest absolute Gasteiger partial charge is 0.507 e. The number of aromatic hydroxyl groups is 1. The third kappa shape index (κ3) is 4.07. The number of hydrogen-bond acceptors (Lipinski definition) is 7. The van der Waals surface area contributed by atoms with E-state index in [0.29, 0.717) is 11.5 Å². The van der Waals surface area contributed by atoms with Crippen molar-refractivity contribution in [3.8, 4) is 5.75 Å². The Morgan fingerprint density at radius 1 is 1.39 bits per heavy atom. The number of phenols is 1. The zero-order valence-electron chi connectivity index (χ0n) is 17.1. The zero-order valence-corrected chi connectivity index (χ0v) is 18.7. The molecule has 1 fully saturated rings. The second kappa shape index (κ2) is 9.09. The molecule has 0 spiro atoms. The van der Waals surface area contributed by atoms with Crippen LogP contribution >= 0.6 is 23.5 Å². The number of likely N-dealkylation sites (N-methyl/N-ethyl adjacent to an activating group) is 1. The molecule has 3 atom stereocenters. The molecule has 2 heterocycles. The average Bonchev–Trinajstić information content (AvgIpc) is 3.28. The third-order valence-electron chi connectivity index (χ3n) is 5.84. The number of hydrogen-bond donors (Lipinski definition) is 1. The van der Waals surface area contributed by atoms with E-state index in [9.17, 15) is 9.90 Å². The number of aliphatic imine (C=N–C) groups is 1. The third-order valence-corrected chi connectivity index (χ3v) is 8.53. The summed E-state index contributed by atoms with van der Waals surface area (Å²) in [7, 11) is 3.42. The van der Waals surface area contributed by atoms with Gasteiger partial charge in [-0.15, -0.1) is 23.5 Å². The van der Waals surface area contributed by atoms with Crippen LogP contribution < -0.4 is 0 Å². The summed E-state index contributed by atoms with van der Waals surface area (Å²) >= 11 is 3.47. The van der Waals surface area contributed by atoms with Crippen molar-refractivity contribution in [3.63, 3.8) is 0 Å². The number of phenolic OH excluding ortho intramolecular Hbond substituents is 1. The number of unbranched alkanes of at least 4 members (excludes halogenated alkanes) is 2. The number of methoxy groups -OCH3 is 1. The number of nitrogens with zero attached hydrogens (tertiary/aromatic N) is 2. The maximum absolute atomic E-state index is 12.1. The van der Waals surface area contributed by atoms with Crippen molar-refractivity contribution in [2.24, 2.45) is 4.99 Å². The Hall–Kier alpha value is -1.18. The van der Waals surface area contributed by atoms with Crippen LogP contribution in [-0.2, 0) is 16.0 Å². The van der Waals surface area contributed by atoms with E-state index in [1.165, 1.54) is 25.5 Å². The predicted molar refractivity (Wildman–Crippen MR) is 119 cm³/mol. The molecule has 0 unspecified atom stereocenters. The van der Waals surface area contributed by atoms with E-state index in [4.69, 9.17) is 9.73 Å². The summed E-state index contributed by atoms with van der Waals surface area (Å²) in [6.45, 7) is 4.36. The lowest BCUT2D eigenvalue weighted by molar-refractivity contribution is -0.146. The lowest BCUT2D eigenvalue weighted by Crippen LogP contribution is -2.51. The monoisotopic (exact) mass is 422 g/mol. The number of ether oxygens (including phenoxy) is 1. The minimum Gasteiger partial charge on any atom is -0.507 e. The van der Waals surface area contributed by atoms with Crippen LogP contribution in [0.3, 0.4) is 0 Å². The summed E-state index contributed by atoms with van der Waals surface area (Å²) < 4.78 is 4.96. The number of esters is 1. The van der Waals surface area contributed by atoms with Crippen LogP contribution in [0.15, 0.2) is 23.2 Å². The van der Waals surface area contributed by atoms with Gasteiger partial charge in [0.1, 0.15) is 16.8 Å². The maximum Gasteiger partial charge on any atom is 0.323 e. The molecule has 7 heteroatoms. The summed E-state index contributed by atoms with van der Waals surface area (Å²) in [4.78, 5) is 19.0. The summed E-state index contributed by atoms with van der Waals surface area (Å²) in [5.74, 6) is 1.68. The Morgan fingerprint density at radius 3 is 2.89 bits per heavy atom. The van der Waals surface area contributed by atoms with Crippen molar-refractivity contribution in [3.05, 3.63) is 29.3 Å². The molecule has 0 radical (unpaired) electrons. The molecule has 0 aliphatic carbocycles. The molecule has 1 aromatic carbocycles. The first-order chi connectivity index (χ1) is 13.4. The second-order valence-corrected chi connectivity index (χ2v) is 10.0. The predicted octanol–water partition coefficient (Wildman–Crippen LogP) is 3.92. The van der Waals surface area contributed by atoms with E-state index in [1.54, 1.807) is 29.6 Å². The highest BCUT2D eigenvalue weighted by Gasteiger charge is 2.51. The number of thioether (sulfide) groups is 2. The van der Waals surface area contributed by atoms with Gasteiger partial charge in [-0.1, -0.05) is 31.9 Å². The quantitative estimate of drug-likeness (QED) is 0.531. The van der Waals surface area contributed by atoms with Gasteiger partial charge in [0, 0.05) is 11.5 Å². The molecule has 2 aliphatic heterocycles. The van der Waals surface area contributed by atoms with Crippen LogP contribution in [0.1, 0.15) is 44.2 Å². The van der Waals surface area contributed by atoms with Gasteiger partial charge in [0.25, 0.3) is 0 Å². The molecular weight excluding hydrogens is 392 g/mol. The van der Waals surface area contributed by atoms with Crippen LogP contribution in [0.25, 0.3) is 0 Å². The minimum absolute atomic E-state index is 0.0558. The van der Waals surface area contributed by atoms with Crippen LogP contribution in [0, 0.1) is 0 Å². The molecule has 0 bridgehead atoms. The first-order valence-corrected chi connectivity index (χ1v) is 11.9. The maximum atomic E-state index is 12.1. The normalized spacial score (nSPS) is 27.8. The van der Waals surface area contributed by atoms with Gasteiger partial charge in [-0.2, -0.15) is 0 Å². The molecule has 0 aromatic heterocycles. The number of aryl methyl sites for hydroxylation is 1. The summed E-state index contributed by atoms with van der Waals surface area (Å²) in [5, 5.41) is 11.5. The molecule has 1 N–H and O–H groups in total. The fourth-order valence-corrected chi connectivity index (χ4v) is 6.77. The van der Waals surface area contributed by atoms with Gasteiger partial charge in [-0.3, -0.25) is 14.7 Å². The summed E-state index contributed by atoms with van der Waals surface area (Å²) in [5.41, 5.74) is 2.07. The van der Waals surface area contributed by atoms with E-state index in [2.05, 4.69) is 24.8 Å². The van der Waals surface area contributed by atoms with Crippen LogP contribution in [0.2, 0.25) is 0 Å². The van der Waals surface area contributed by atoms with Gasteiger partial charge in [-0.25, -0.2) is 0 Å². The molecular formula is C21H30N2O3S2. The van der Waals surface area contributed by atoms with Crippen LogP contribution in [0.4, 0.5) is 0 Å². The van der Waals surface area contributed by atoms with Gasteiger partial charge in [0.15, 0.2) is 0 Å². The van der Waals surface area contributed by atoms with Gasteiger partial charge >= 0.3 is 5.97 Å². The molecule has 0 saturated carbocycles. The molecule has 3 rings (SSSR count). The highest BCUT2D eigenvalue weighted by atomic mass is 32.2. The van der Waals surface area contributed by atoms with E-state index in [-0.39, 0.29) is 22.9 Å². The van der Waals surface area contributed by atoms with Gasteiger partial charge < -0.3 is 9.84 Å². The highest BCUT2D eigenvalue weighted by Crippen LogP contribution is 2.46. The molecule has 5 nitrogen and oxygen atoms in total. The minimum atomic E-state index is -0.264. The van der Waals surface area contributed by atoms with Crippen LogP contribution in [-0.4, -0.2) is 63.6 Å². The summed E-state index contributed by atoms with van der Waals surface area (Å²) in [6.07, 6.45) is 4.44. The van der Waals surface area contributed by atoms with Crippen molar-refractivity contribution in [2.45, 2.75) is 56.5 Å². The van der Waals surface area contributed by atoms with E-state index >= 15 is 0 Å². The lowest BCUT2D eigenvalue weighted by Gasteiger charge is -2.36. The standard InChI is InChI=1S/C21H30N2O3S2/c1-5-6-7-9-14-10-8-11-16(24)18(14)19-22-17(13-27-19)21(2)23(3)15(12-28-21)20(25)26-4/h8,10-11,15,17,24H,5-7,9,12-13H2,1-4H3/t15-,17-,21+/m0/s1. The lowest BCUT2D eigenvalue weighted by atomic mass is 10.0. The first kappa shape index (κ1) is 21.5. The Bertz CT molecular complexity index is 755. The summed E-state index contributed by atoms with van der Waals surface area (Å²) in [6, 6.07) is 5.59. The highest BCUT2D eigenvalue weighted by molar-refractivity contribution is 8.14. The first-order valence-electron chi connectivity index (χ1n) is 9.89. The smallest absolute Gasteiger partial charge is 0.323 e. The number of carbonyl (C=O) groups is 1. The van der Waals surface area contributed by atoms with Crippen molar-refractivity contribution in [1.82, 2.24) is 4.90 Å². The Balaban J connectivity index is 1.84. The number of rotatable bonds is 7.